The predicted octanol–water partition coefficient (Wildman–Crippen LogP) is 4.53. The molecule has 28 heavy (non-hydrogen) atoms. The van der Waals surface area contributed by atoms with Crippen LogP contribution >= 0.6 is 0 Å². The number of furan rings is 1. The van der Waals surface area contributed by atoms with E-state index < -0.39 is 20.5 Å². The van der Waals surface area contributed by atoms with Crippen LogP contribution in [-0.4, -0.2) is 19.1 Å². The number of anilines is 1. The van der Waals surface area contributed by atoms with Gasteiger partial charge < -0.3 is 9.73 Å². The number of benzene rings is 3. The number of para-hydroxylation sites is 1. The number of carbonyl (C=O) groups is 1. The van der Waals surface area contributed by atoms with Crippen LogP contribution in [-0.2, 0) is 14.6 Å². The maximum Gasteiger partial charge on any atom is 0.246 e. The van der Waals surface area contributed by atoms with Crippen LogP contribution in [0.15, 0.2) is 82.1 Å². The molecular formula is C22H17NO4S. The minimum absolute atomic E-state index is 0.180. The highest BCUT2D eigenvalue weighted by molar-refractivity contribution is 7.94. The van der Waals surface area contributed by atoms with Crippen molar-refractivity contribution in [3.05, 3.63) is 72.8 Å². The van der Waals surface area contributed by atoms with E-state index in [9.17, 15) is 13.2 Å². The number of hydrogen-bond acceptors (Lipinski definition) is 4. The topological polar surface area (TPSA) is 76.4 Å². The zero-order chi connectivity index (χ0) is 19.4. The highest BCUT2D eigenvalue weighted by Crippen LogP contribution is 2.47. The molecule has 0 aliphatic heterocycles. The van der Waals surface area contributed by atoms with Gasteiger partial charge in [0.05, 0.1) is 4.90 Å². The van der Waals surface area contributed by atoms with Crippen molar-refractivity contribution < 1.29 is 17.6 Å². The highest BCUT2D eigenvalue weighted by atomic mass is 32.2. The van der Waals surface area contributed by atoms with Gasteiger partial charge in [-0.15, -0.1) is 0 Å². The van der Waals surface area contributed by atoms with Gasteiger partial charge in [0.15, 0.2) is 14.6 Å². The number of nitrogens with one attached hydrogen (secondary N) is 1. The Kier molecular flexibility index (Phi) is 3.61. The van der Waals surface area contributed by atoms with E-state index in [0.717, 1.165) is 21.9 Å². The summed E-state index contributed by atoms with van der Waals surface area (Å²) in [6.45, 7) is 0. The lowest BCUT2D eigenvalue weighted by molar-refractivity contribution is -0.116. The fourth-order valence-corrected chi connectivity index (χ4v) is 5.51. The summed E-state index contributed by atoms with van der Waals surface area (Å²) in [7, 11) is -3.74. The Morgan fingerprint density at radius 2 is 1.54 bits per heavy atom. The van der Waals surface area contributed by atoms with Gasteiger partial charge in [-0.2, -0.15) is 0 Å². The average Bonchev–Trinajstić information content (AvgIpc) is 3.46. The van der Waals surface area contributed by atoms with Gasteiger partial charge in [0, 0.05) is 16.5 Å². The smallest absolute Gasteiger partial charge is 0.246 e. The number of rotatable bonds is 4. The molecule has 1 heterocycles. The van der Waals surface area contributed by atoms with Crippen molar-refractivity contribution in [1.82, 2.24) is 0 Å². The van der Waals surface area contributed by atoms with Gasteiger partial charge >= 0.3 is 0 Å². The molecule has 4 aromatic rings. The summed E-state index contributed by atoms with van der Waals surface area (Å²) in [5.41, 5.74) is 2.04. The average molecular weight is 391 g/mol. The Bertz CT molecular complexity index is 1320. The first-order valence-electron chi connectivity index (χ1n) is 9.04. The number of fused-ring (bicyclic) bond motifs is 3. The summed E-state index contributed by atoms with van der Waals surface area (Å²) in [6, 6.07) is 21.2. The summed E-state index contributed by atoms with van der Waals surface area (Å²) in [6.07, 6.45) is 0.653. The second-order valence-electron chi connectivity index (χ2n) is 7.07. The molecule has 1 aromatic heterocycles. The molecule has 5 rings (SSSR count). The maximum atomic E-state index is 13.0. The van der Waals surface area contributed by atoms with Crippen molar-refractivity contribution in [2.24, 2.45) is 0 Å². The maximum absolute atomic E-state index is 13.0. The Balaban J connectivity index is 1.49. The number of sulfone groups is 1. The Labute approximate surface area is 161 Å². The van der Waals surface area contributed by atoms with Crippen LogP contribution in [0.4, 0.5) is 5.69 Å². The third kappa shape index (κ3) is 2.45. The summed E-state index contributed by atoms with van der Waals surface area (Å²) in [5, 5.41) is 4.64. The normalized spacial score (nSPS) is 15.6. The van der Waals surface area contributed by atoms with Crippen LogP contribution in [0.5, 0.6) is 0 Å². The van der Waals surface area contributed by atoms with E-state index in [4.69, 9.17) is 4.42 Å². The standard InChI is InChI=1S/C22H17NO4S/c24-21(22(12-13-22)28(25,26)16-6-2-1-3-7-16)23-15-10-11-20-18(14-15)17-8-4-5-9-19(17)27-20/h1-11,14H,12-13H2,(H,23,24). The molecule has 0 atom stereocenters. The van der Waals surface area contributed by atoms with E-state index >= 15 is 0 Å². The summed E-state index contributed by atoms with van der Waals surface area (Å²) < 4.78 is 30.4. The van der Waals surface area contributed by atoms with Gasteiger partial charge in [-0.1, -0.05) is 36.4 Å². The summed E-state index contributed by atoms with van der Waals surface area (Å²) >= 11 is 0. The predicted molar refractivity (Wildman–Crippen MR) is 108 cm³/mol. The van der Waals surface area contributed by atoms with Crippen LogP contribution in [0, 0.1) is 0 Å². The molecule has 1 N–H and O–H groups in total. The van der Waals surface area contributed by atoms with Crippen LogP contribution < -0.4 is 5.32 Å². The first-order chi connectivity index (χ1) is 13.5. The van der Waals surface area contributed by atoms with Crippen LogP contribution in [0.1, 0.15) is 12.8 Å². The van der Waals surface area contributed by atoms with E-state index in [0.29, 0.717) is 18.5 Å². The first-order valence-corrected chi connectivity index (χ1v) is 10.5. The first kappa shape index (κ1) is 17.0. The monoisotopic (exact) mass is 391 g/mol. The fraction of sp³-hybridized carbons (Fsp3) is 0.136. The third-order valence-corrected chi connectivity index (χ3v) is 7.84. The Morgan fingerprint density at radius 1 is 0.857 bits per heavy atom. The molecule has 0 spiro atoms. The molecular weight excluding hydrogens is 374 g/mol. The van der Waals surface area contributed by atoms with E-state index in [1.165, 1.54) is 12.1 Å². The molecule has 140 valence electrons. The van der Waals surface area contributed by atoms with Gasteiger partial charge in [-0.3, -0.25) is 4.79 Å². The SMILES string of the molecule is O=C(Nc1ccc2oc3ccccc3c2c1)C1(S(=O)(=O)c2ccccc2)CC1. The van der Waals surface area contributed by atoms with E-state index in [-0.39, 0.29) is 4.90 Å². The molecule has 1 aliphatic carbocycles. The molecule has 0 saturated heterocycles. The molecule has 1 amide bonds. The lowest BCUT2D eigenvalue weighted by Crippen LogP contribution is -2.37. The number of carbonyl (C=O) groups excluding carboxylic acids is 1. The Hall–Kier alpha value is -3.12. The van der Waals surface area contributed by atoms with Crippen molar-refractivity contribution >= 4 is 43.4 Å². The Morgan fingerprint density at radius 3 is 2.29 bits per heavy atom. The molecule has 5 nitrogen and oxygen atoms in total. The summed E-state index contributed by atoms with van der Waals surface area (Å²) in [5.74, 6) is -0.483. The van der Waals surface area contributed by atoms with Gasteiger partial charge in [-0.25, -0.2) is 8.42 Å². The quantitative estimate of drug-likeness (QED) is 0.554. The van der Waals surface area contributed by atoms with Crippen LogP contribution in [0.2, 0.25) is 0 Å². The number of hydrogen-bond donors (Lipinski definition) is 1. The zero-order valence-electron chi connectivity index (χ0n) is 14.9. The molecule has 1 fully saturated rings. The third-order valence-electron chi connectivity index (χ3n) is 5.32. The van der Waals surface area contributed by atoms with Crippen molar-refractivity contribution in [1.29, 1.82) is 0 Å². The lowest BCUT2D eigenvalue weighted by atomic mass is 10.1. The van der Waals surface area contributed by atoms with Gasteiger partial charge in [0.1, 0.15) is 11.2 Å². The number of amides is 1. The van der Waals surface area contributed by atoms with Crippen molar-refractivity contribution in [3.63, 3.8) is 0 Å². The largest absolute Gasteiger partial charge is 0.456 e. The van der Waals surface area contributed by atoms with Crippen molar-refractivity contribution in [3.8, 4) is 0 Å². The molecule has 0 radical (unpaired) electrons. The van der Waals surface area contributed by atoms with Gasteiger partial charge in [-0.05, 0) is 49.2 Å². The van der Waals surface area contributed by atoms with Crippen molar-refractivity contribution in [2.75, 3.05) is 5.32 Å². The molecule has 0 bridgehead atoms. The fourth-order valence-electron chi connectivity index (χ4n) is 3.61. The van der Waals surface area contributed by atoms with Gasteiger partial charge in [0.2, 0.25) is 5.91 Å². The molecule has 1 aliphatic rings. The van der Waals surface area contributed by atoms with E-state index in [1.807, 2.05) is 30.3 Å². The van der Waals surface area contributed by atoms with Gasteiger partial charge in [0.25, 0.3) is 0 Å². The van der Waals surface area contributed by atoms with Crippen molar-refractivity contribution in [2.45, 2.75) is 22.5 Å². The van der Waals surface area contributed by atoms with E-state index in [1.54, 1.807) is 30.3 Å². The minimum atomic E-state index is -3.74. The van der Waals surface area contributed by atoms with Crippen LogP contribution in [0.3, 0.4) is 0 Å². The highest BCUT2D eigenvalue weighted by Gasteiger charge is 2.61. The molecule has 1 saturated carbocycles. The zero-order valence-corrected chi connectivity index (χ0v) is 15.7. The second-order valence-corrected chi connectivity index (χ2v) is 9.33. The van der Waals surface area contributed by atoms with E-state index in [2.05, 4.69) is 5.32 Å². The lowest BCUT2D eigenvalue weighted by Gasteiger charge is -2.16. The van der Waals surface area contributed by atoms with Crippen LogP contribution in [0.25, 0.3) is 21.9 Å². The molecule has 3 aromatic carbocycles. The summed E-state index contributed by atoms with van der Waals surface area (Å²) in [4.78, 5) is 13.1. The molecule has 0 unspecified atom stereocenters. The minimum Gasteiger partial charge on any atom is -0.456 e. The second kappa shape index (κ2) is 5.94. The molecule has 6 heteroatoms.